The number of benzene rings is 2. The van der Waals surface area contributed by atoms with Crippen molar-refractivity contribution in [3.05, 3.63) is 76.4 Å². The van der Waals surface area contributed by atoms with Gasteiger partial charge < -0.3 is 4.90 Å². The maximum absolute atomic E-state index is 15.2. The van der Waals surface area contributed by atoms with Gasteiger partial charge in [0.25, 0.3) is 0 Å². The summed E-state index contributed by atoms with van der Waals surface area (Å²) in [6.45, 7) is 2.87. The molecule has 2 aliphatic heterocycles. The van der Waals surface area contributed by atoms with E-state index >= 15 is 4.39 Å². The van der Waals surface area contributed by atoms with Gasteiger partial charge in [-0.05, 0) is 35.4 Å². The minimum atomic E-state index is -5.49. The van der Waals surface area contributed by atoms with Crippen LogP contribution in [0.4, 0.5) is 43.9 Å². The molecule has 0 aromatic heterocycles. The third-order valence-corrected chi connectivity index (χ3v) is 6.51. The Hall–Kier alpha value is -3.29. The molecule has 1 saturated heterocycles. The van der Waals surface area contributed by atoms with Crippen molar-refractivity contribution in [3.63, 3.8) is 0 Å². The molecule has 14 heteroatoms. The van der Waals surface area contributed by atoms with Gasteiger partial charge in [0, 0.05) is 11.5 Å². The van der Waals surface area contributed by atoms with Crippen LogP contribution in [0.1, 0.15) is 41.7 Å². The van der Waals surface area contributed by atoms with Gasteiger partial charge in [-0.1, -0.05) is 38.1 Å². The van der Waals surface area contributed by atoms with Crippen LogP contribution in [0.15, 0.2) is 48.5 Å². The molecule has 1 N–H and O–H groups in total. The second kappa shape index (κ2) is 9.14. The second-order valence-electron chi connectivity index (χ2n) is 9.68. The summed E-state index contributed by atoms with van der Waals surface area (Å²) in [6.07, 6.45) is -15.9. The van der Waals surface area contributed by atoms with Crippen molar-refractivity contribution >= 4 is 11.6 Å². The smallest absolute Gasteiger partial charge is 0.335 e. The Morgan fingerprint density at radius 2 is 1.38 bits per heavy atom. The molecule has 0 radical (unpaired) electrons. The largest absolute Gasteiger partial charge is 0.428 e. The Morgan fingerprint density at radius 1 is 0.872 bits per heavy atom. The Morgan fingerprint density at radius 3 is 1.82 bits per heavy atom. The van der Waals surface area contributed by atoms with E-state index in [1.165, 1.54) is 29.2 Å². The third-order valence-electron chi connectivity index (χ3n) is 6.51. The average Bonchev–Trinajstić information content (AvgIpc) is 3.27. The summed E-state index contributed by atoms with van der Waals surface area (Å²) in [5.41, 5.74) is -9.26. The number of carbonyl (C=O) groups is 1. The number of alkyl halides is 10. The molecular weight excluding hydrogens is 550 g/mol. The lowest BCUT2D eigenvalue weighted by molar-refractivity contribution is -0.269. The number of hydroxylamine groups is 1. The van der Waals surface area contributed by atoms with E-state index in [2.05, 4.69) is 4.84 Å². The van der Waals surface area contributed by atoms with Gasteiger partial charge in [-0.3, -0.25) is 15.1 Å². The highest BCUT2D eigenvalue weighted by molar-refractivity contribution is 5.79. The summed E-state index contributed by atoms with van der Waals surface area (Å²) < 4.78 is 138. The Labute approximate surface area is 215 Å². The molecule has 39 heavy (non-hydrogen) atoms. The Kier molecular flexibility index (Phi) is 6.73. The third kappa shape index (κ3) is 5.18. The maximum atomic E-state index is 15.2. The maximum Gasteiger partial charge on any atom is 0.428 e. The first-order valence-electron chi connectivity index (χ1n) is 11.4. The molecule has 4 nitrogen and oxygen atoms in total. The lowest BCUT2D eigenvalue weighted by Gasteiger charge is -2.45. The van der Waals surface area contributed by atoms with E-state index in [4.69, 9.17) is 0 Å². The zero-order valence-corrected chi connectivity index (χ0v) is 20.2. The fraction of sp³-hybridized carbons (Fsp3) is 0.400. The van der Waals surface area contributed by atoms with E-state index in [0.29, 0.717) is 6.08 Å². The topological polar surface area (TPSA) is 41.6 Å². The summed E-state index contributed by atoms with van der Waals surface area (Å²) in [5, 5.41) is 0. The predicted octanol–water partition coefficient (Wildman–Crippen LogP) is 6.72. The molecular formula is C25H20F10N2O2. The van der Waals surface area contributed by atoms with E-state index in [-0.39, 0.29) is 54.2 Å². The summed E-state index contributed by atoms with van der Waals surface area (Å²) in [6, 6.07) is 4.55. The highest BCUT2D eigenvalue weighted by atomic mass is 19.4. The van der Waals surface area contributed by atoms with E-state index in [9.17, 15) is 44.3 Å². The lowest BCUT2D eigenvalue weighted by atomic mass is 9.86. The van der Waals surface area contributed by atoms with Crippen molar-refractivity contribution in [2.45, 2.75) is 43.6 Å². The monoisotopic (exact) mass is 570 g/mol. The molecule has 1 fully saturated rings. The van der Waals surface area contributed by atoms with Gasteiger partial charge in [0.15, 0.2) is 5.67 Å². The van der Waals surface area contributed by atoms with Gasteiger partial charge >= 0.3 is 18.5 Å². The summed E-state index contributed by atoms with van der Waals surface area (Å²) in [5.74, 6) is -0.584. The van der Waals surface area contributed by atoms with Gasteiger partial charge in [-0.25, -0.2) is 4.39 Å². The molecule has 2 aromatic rings. The van der Waals surface area contributed by atoms with Crippen molar-refractivity contribution in [1.82, 2.24) is 10.4 Å². The number of carbonyl (C=O) groups excluding carboxylic acids is 1. The number of hydrogen-bond acceptors (Lipinski definition) is 3. The number of rotatable bonds is 4. The minimum Gasteiger partial charge on any atom is -0.335 e. The molecule has 212 valence electrons. The predicted molar refractivity (Wildman–Crippen MR) is 117 cm³/mol. The minimum absolute atomic E-state index is 0.00840. The van der Waals surface area contributed by atoms with E-state index in [1.807, 2.05) is 5.48 Å². The van der Waals surface area contributed by atoms with E-state index in [0.717, 1.165) is 0 Å². The number of hydrogen-bond donors (Lipinski definition) is 1. The summed E-state index contributed by atoms with van der Waals surface area (Å²) in [7, 11) is 0. The first-order chi connectivity index (χ1) is 17.8. The van der Waals surface area contributed by atoms with Gasteiger partial charge in [0.05, 0.1) is 29.9 Å². The van der Waals surface area contributed by atoms with Crippen LogP contribution in [0, 0.1) is 5.92 Å². The number of likely N-dealkylation sites (tertiary alicyclic amines) is 1. The van der Waals surface area contributed by atoms with Crippen LogP contribution in [0.2, 0.25) is 0 Å². The zero-order chi connectivity index (χ0) is 29.2. The molecule has 2 aliphatic rings. The van der Waals surface area contributed by atoms with Crippen molar-refractivity contribution in [2.24, 2.45) is 5.92 Å². The molecule has 2 heterocycles. The van der Waals surface area contributed by atoms with Gasteiger partial charge in [0.1, 0.15) is 0 Å². The molecule has 2 aromatic carbocycles. The average molecular weight is 570 g/mol. The molecule has 0 aliphatic carbocycles. The molecule has 1 amide bonds. The van der Waals surface area contributed by atoms with Crippen LogP contribution in [-0.4, -0.2) is 30.1 Å². The molecule has 1 atom stereocenters. The van der Waals surface area contributed by atoms with Gasteiger partial charge in [-0.2, -0.15) is 39.5 Å². The second-order valence-corrected chi connectivity index (χ2v) is 9.68. The van der Waals surface area contributed by atoms with Crippen molar-refractivity contribution in [2.75, 3.05) is 13.1 Å². The molecule has 0 spiro atoms. The highest BCUT2D eigenvalue weighted by Crippen LogP contribution is 2.49. The van der Waals surface area contributed by atoms with E-state index in [1.54, 1.807) is 13.8 Å². The summed E-state index contributed by atoms with van der Waals surface area (Å²) >= 11 is 0. The SMILES string of the molecule is CC(C)C(=O)N1CC(F)(c2ccc(C3=CC(c4cc(C(F)(F)F)cc(C(F)(F)F)c4)(C(F)(F)F)ON3)cc2)C1. The summed E-state index contributed by atoms with van der Waals surface area (Å²) in [4.78, 5) is 18.0. The van der Waals surface area contributed by atoms with Gasteiger partial charge in [-0.15, -0.1) is 0 Å². The van der Waals surface area contributed by atoms with Crippen LogP contribution >= 0.6 is 0 Å². The van der Waals surface area contributed by atoms with E-state index < -0.39 is 52.2 Å². The van der Waals surface area contributed by atoms with Crippen LogP contribution in [0.25, 0.3) is 5.70 Å². The lowest BCUT2D eigenvalue weighted by Crippen LogP contribution is -2.59. The van der Waals surface area contributed by atoms with Crippen LogP contribution < -0.4 is 5.48 Å². The Balaban J connectivity index is 1.70. The van der Waals surface area contributed by atoms with Crippen LogP contribution in [-0.2, 0) is 33.3 Å². The number of halogens is 10. The quantitative estimate of drug-likeness (QED) is 0.415. The first kappa shape index (κ1) is 28.7. The molecule has 1 unspecified atom stereocenters. The number of nitrogens with one attached hydrogen (secondary N) is 1. The first-order valence-corrected chi connectivity index (χ1v) is 11.4. The molecule has 0 saturated carbocycles. The zero-order valence-electron chi connectivity index (χ0n) is 20.2. The van der Waals surface area contributed by atoms with Crippen LogP contribution in [0.5, 0.6) is 0 Å². The standard InChI is InChI=1S/C25H20F10N2O2/c1-13(2)20(38)37-11-21(26,12-37)15-5-3-14(4-6-15)19-10-22(39-36-19,25(33,34)35)16-7-17(23(27,28)29)9-18(8-16)24(30,31)32/h3-10,13,36H,11-12H2,1-2H3. The fourth-order valence-electron chi connectivity index (χ4n) is 4.37. The Bertz CT molecular complexity index is 1260. The molecule has 0 bridgehead atoms. The molecule has 4 rings (SSSR count). The number of amides is 1. The van der Waals surface area contributed by atoms with Crippen LogP contribution in [0.3, 0.4) is 0 Å². The van der Waals surface area contributed by atoms with Gasteiger partial charge in [0.2, 0.25) is 11.5 Å². The number of nitrogens with zero attached hydrogens (tertiary/aromatic N) is 1. The van der Waals surface area contributed by atoms with Crippen molar-refractivity contribution < 1.29 is 53.5 Å². The van der Waals surface area contributed by atoms with Crippen molar-refractivity contribution in [1.29, 1.82) is 0 Å². The normalized spacial score (nSPS) is 21.5. The highest BCUT2D eigenvalue weighted by Gasteiger charge is 2.60. The van der Waals surface area contributed by atoms with Crippen molar-refractivity contribution in [3.8, 4) is 0 Å². The fourth-order valence-corrected chi connectivity index (χ4v) is 4.37.